The predicted octanol–water partition coefficient (Wildman–Crippen LogP) is 6.47. The number of aromatic nitrogens is 2. The maximum absolute atomic E-state index is 13.9. The Morgan fingerprint density at radius 2 is 1.79 bits per heavy atom. The standard InChI is InChI=1S/C38H48N6O7S/c1-5-49-38(52-6-2)33-9-7-16-43(33)37(45)30-24-29(48-4)25-34(35(30)44(46)47)51-22-8-21-50-28-13-10-26(11-14-28)36-39-31-15-12-27(23-32(31)40-36)42-19-17-41(3)18-20-42/h10-15,23-25,33,38H,5-9,16-22H2,1-4H3,(H,39,40)/t33-,38?/m0/s1. The number of fused-ring (bicyclic) bond motifs is 1. The van der Waals surface area contributed by atoms with Gasteiger partial charge in [-0.3, -0.25) is 14.9 Å². The lowest BCUT2D eigenvalue weighted by molar-refractivity contribution is -0.386. The third-order valence-electron chi connectivity index (χ3n) is 9.51. The molecule has 2 fully saturated rings. The van der Waals surface area contributed by atoms with E-state index < -0.39 is 10.8 Å². The smallest absolute Gasteiger partial charge is 0.323 e. The molecule has 3 aromatic carbocycles. The number of carbonyl (C=O) groups excluding carboxylic acids is 1. The summed E-state index contributed by atoms with van der Waals surface area (Å²) in [5.41, 5.74) is 3.44. The first-order valence-corrected chi connectivity index (χ1v) is 19.0. The van der Waals surface area contributed by atoms with Crippen LogP contribution in [0.3, 0.4) is 0 Å². The van der Waals surface area contributed by atoms with Crippen LogP contribution in [-0.4, -0.2) is 115 Å². The van der Waals surface area contributed by atoms with Crippen LogP contribution in [0.25, 0.3) is 22.4 Å². The number of nitro groups is 1. The third-order valence-corrected chi connectivity index (χ3v) is 10.6. The first-order chi connectivity index (χ1) is 25.3. The van der Waals surface area contributed by atoms with E-state index in [-0.39, 0.29) is 35.1 Å². The largest absolute Gasteiger partial charge is 0.497 e. The molecular formula is C38H48N6O7S. The highest BCUT2D eigenvalue weighted by Gasteiger charge is 2.39. The zero-order chi connectivity index (χ0) is 36.6. The number of thioether (sulfide) groups is 1. The molecule has 0 saturated carbocycles. The first kappa shape index (κ1) is 37.2. The molecule has 13 nitrogen and oxygen atoms in total. The van der Waals surface area contributed by atoms with Crippen molar-refractivity contribution in [1.29, 1.82) is 0 Å². The van der Waals surface area contributed by atoms with Gasteiger partial charge in [0.25, 0.3) is 5.91 Å². The summed E-state index contributed by atoms with van der Waals surface area (Å²) in [5.74, 6) is 2.17. The van der Waals surface area contributed by atoms with Crippen LogP contribution in [0.5, 0.6) is 17.2 Å². The molecule has 3 heterocycles. The summed E-state index contributed by atoms with van der Waals surface area (Å²) in [6.07, 6.45) is 2.02. The van der Waals surface area contributed by atoms with Gasteiger partial charge >= 0.3 is 5.69 Å². The van der Waals surface area contributed by atoms with E-state index in [0.717, 1.165) is 67.2 Å². The summed E-state index contributed by atoms with van der Waals surface area (Å²) < 4.78 is 23.3. The van der Waals surface area contributed by atoms with Crippen LogP contribution in [-0.2, 0) is 4.74 Å². The lowest BCUT2D eigenvalue weighted by atomic mass is 10.1. The molecule has 278 valence electrons. The van der Waals surface area contributed by atoms with E-state index in [1.807, 2.05) is 38.1 Å². The number of nitrogens with one attached hydrogen (secondary N) is 1. The minimum atomic E-state index is -0.555. The van der Waals surface area contributed by atoms with Crippen molar-refractivity contribution in [3.8, 4) is 28.6 Å². The third kappa shape index (κ3) is 8.56. The number of nitrogens with zero attached hydrogens (tertiary/aromatic N) is 5. The number of imidazole rings is 1. The van der Waals surface area contributed by atoms with Crippen molar-refractivity contribution in [2.45, 2.75) is 44.6 Å². The van der Waals surface area contributed by atoms with Gasteiger partial charge in [-0.25, -0.2) is 4.98 Å². The van der Waals surface area contributed by atoms with E-state index in [1.54, 1.807) is 16.7 Å². The number of aromatic amines is 1. The Hall–Kier alpha value is -4.53. The monoisotopic (exact) mass is 732 g/mol. The summed E-state index contributed by atoms with van der Waals surface area (Å²) in [5, 5.41) is 12.4. The zero-order valence-corrected chi connectivity index (χ0v) is 31.2. The summed E-state index contributed by atoms with van der Waals surface area (Å²) >= 11 is 1.64. The SMILES string of the molecule is CCOC(SCC)[C@@H]1CCCN1C(=O)c1cc(OC)cc(OCCCOc2ccc(-c3nc4ccc(N5CCN(C)CC5)cc4[nH]3)cc2)c1[N+](=O)[O-]. The molecule has 0 spiro atoms. The fraction of sp³-hybridized carbons (Fsp3) is 0.474. The summed E-state index contributed by atoms with van der Waals surface area (Å²) in [6, 6.07) is 16.8. The number of methoxy groups -OCH3 is 1. The molecule has 2 aliphatic rings. The molecule has 1 aromatic heterocycles. The number of piperazine rings is 1. The van der Waals surface area contributed by atoms with Gasteiger partial charge in [0.15, 0.2) is 0 Å². The second-order valence-corrected chi connectivity index (χ2v) is 14.3. The maximum atomic E-state index is 13.9. The number of ether oxygens (including phenoxy) is 4. The molecule has 6 rings (SSSR count). The van der Waals surface area contributed by atoms with Gasteiger partial charge in [-0.15, -0.1) is 11.8 Å². The van der Waals surface area contributed by atoms with E-state index in [0.29, 0.717) is 37.7 Å². The second kappa shape index (κ2) is 17.3. The fourth-order valence-electron chi connectivity index (χ4n) is 6.78. The molecule has 14 heteroatoms. The number of benzene rings is 3. The predicted molar refractivity (Wildman–Crippen MR) is 204 cm³/mol. The molecule has 4 aromatic rings. The minimum absolute atomic E-state index is 0.0152. The van der Waals surface area contributed by atoms with Gasteiger partial charge in [-0.2, -0.15) is 0 Å². The molecule has 2 aliphatic heterocycles. The number of H-pyrrole nitrogens is 1. The number of anilines is 1. The number of nitro benzene ring substituents is 1. The highest BCUT2D eigenvalue weighted by atomic mass is 32.2. The van der Waals surface area contributed by atoms with Crippen molar-refractivity contribution >= 4 is 40.1 Å². The number of hydrogen-bond acceptors (Lipinski definition) is 11. The average molecular weight is 733 g/mol. The van der Waals surface area contributed by atoms with Gasteiger partial charge in [0.1, 0.15) is 28.3 Å². The Bertz CT molecular complexity index is 1820. The number of carbonyl (C=O) groups is 1. The van der Waals surface area contributed by atoms with Crippen molar-refractivity contribution in [2.24, 2.45) is 0 Å². The first-order valence-electron chi connectivity index (χ1n) is 18.0. The van der Waals surface area contributed by atoms with Gasteiger partial charge < -0.3 is 38.6 Å². The van der Waals surface area contributed by atoms with E-state index in [1.165, 1.54) is 24.9 Å². The van der Waals surface area contributed by atoms with E-state index in [9.17, 15) is 14.9 Å². The lowest BCUT2D eigenvalue weighted by Gasteiger charge is -2.34. The summed E-state index contributed by atoms with van der Waals surface area (Å²) in [7, 11) is 3.61. The van der Waals surface area contributed by atoms with Crippen LogP contribution < -0.4 is 19.1 Å². The van der Waals surface area contributed by atoms with Crippen LogP contribution in [0.1, 0.15) is 43.5 Å². The topological polar surface area (TPSA) is 136 Å². The minimum Gasteiger partial charge on any atom is -0.497 e. The van der Waals surface area contributed by atoms with Crippen molar-refractivity contribution in [1.82, 2.24) is 19.8 Å². The molecule has 0 aliphatic carbocycles. The molecule has 0 radical (unpaired) electrons. The van der Waals surface area contributed by atoms with E-state index in [4.69, 9.17) is 23.9 Å². The van der Waals surface area contributed by atoms with Crippen LogP contribution in [0.15, 0.2) is 54.6 Å². The van der Waals surface area contributed by atoms with Crippen LogP contribution in [0, 0.1) is 10.1 Å². The molecule has 0 bridgehead atoms. The molecule has 2 atom stereocenters. The Balaban J connectivity index is 1.06. The van der Waals surface area contributed by atoms with Gasteiger partial charge in [0.2, 0.25) is 5.75 Å². The van der Waals surface area contributed by atoms with Crippen LogP contribution >= 0.6 is 11.8 Å². The maximum Gasteiger partial charge on any atom is 0.323 e. The normalized spacial score (nSPS) is 17.0. The zero-order valence-electron chi connectivity index (χ0n) is 30.3. The van der Waals surface area contributed by atoms with E-state index in [2.05, 4.69) is 40.0 Å². The van der Waals surface area contributed by atoms with Gasteiger partial charge in [-0.1, -0.05) is 6.92 Å². The summed E-state index contributed by atoms with van der Waals surface area (Å²) in [4.78, 5) is 40.4. The number of likely N-dealkylation sites (N-methyl/N-ethyl adjacent to an activating group) is 1. The van der Waals surface area contributed by atoms with Gasteiger partial charge in [-0.05, 0) is 75.0 Å². The van der Waals surface area contributed by atoms with Gasteiger partial charge in [0, 0.05) is 69.1 Å². The van der Waals surface area contributed by atoms with Crippen molar-refractivity contribution in [2.75, 3.05) is 77.4 Å². The Morgan fingerprint density at radius 3 is 2.50 bits per heavy atom. The fourth-order valence-corrected chi connectivity index (χ4v) is 7.84. The van der Waals surface area contributed by atoms with Crippen LogP contribution in [0.4, 0.5) is 11.4 Å². The number of rotatable bonds is 16. The Labute approximate surface area is 308 Å². The highest BCUT2D eigenvalue weighted by molar-refractivity contribution is 7.99. The molecule has 1 unspecified atom stereocenters. The van der Waals surface area contributed by atoms with Crippen LogP contribution in [0.2, 0.25) is 0 Å². The van der Waals surface area contributed by atoms with E-state index >= 15 is 0 Å². The van der Waals surface area contributed by atoms with Crippen molar-refractivity contribution in [3.05, 3.63) is 70.3 Å². The number of likely N-dealkylation sites (tertiary alicyclic amines) is 1. The van der Waals surface area contributed by atoms with Crippen molar-refractivity contribution in [3.63, 3.8) is 0 Å². The lowest BCUT2D eigenvalue weighted by Crippen LogP contribution is -2.44. The molecule has 2 saturated heterocycles. The molecule has 1 amide bonds. The number of hydrogen-bond donors (Lipinski definition) is 1. The van der Waals surface area contributed by atoms with Gasteiger partial charge in [0.05, 0.1) is 42.3 Å². The molecule has 1 N–H and O–H groups in total. The van der Waals surface area contributed by atoms with Crippen molar-refractivity contribution < 1.29 is 28.7 Å². The Kier molecular flexibility index (Phi) is 12.4. The average Bonchev–Trinajstić information content (AvgIpc) is 3.82. The molecular weight excluding hydrogens is 685 g/mol. The highest BCUT2D eigenvalue weighted by Crippen LogP contribution is 2.39. The molecule has 52 heavy (non-hydrogen) atoms. The Morgan fingerprint density at radius 1 is 1.02 bits per heavy atom. The quantitative estimate of drug-likeness (QED) is 0.0588. The summed E-state index contributed by atoms with van der Waals surface area (Å²) in [6.45, 7) is 9.57. The second-order valence-electron chi connectivity index (χ2n) is 12.9. The number of amides is 1.